The van der Waals surface area contributed by atoms with E-state index in [1.165, 1.54) is 25.1 Å². The standard InChI is InChI=1S/C15H22N4O3/c20-19(21)13-3-4-15(16-9-13)17-10-14(12-5-8-22-11-12)18-6-1-2-7-18/h3-4,9,12,14H,1-2,5-8,10-11H2,(H,16,17)/t12-,14+/m1/s1. The number of hydrogen-bond donors (Lipinski definition) is 1. The molecule has 120 valence electrons. The summed E-state index contributed by atoms with van der Waals surface area (Å²) in [6, 6.07) is 3.60. The van der Waals surface area contributed by atoms with Gasteiger partial charge >= 0.3 is 0 Å². The Morgan fingerprint density at radius 2 is 2.27 bits per heavy atom. The lowest BCUT2D eigenvalue weighted by Crippen LogP contribution is -2.44. The first-order valence-electron chi connectivity index (χ1n) is 7.90. The quantitative estimate of drug-likeness (QED) is 0.638. The molecule has 2 fully saturated rings. The highest BCUT2D eigenvalue weighted by Gasteiger charge is 2.31. The second kappa shape index (κ2) is 7.02. The minimum Gasteiger partial charge on any atom is -0.381 e. The maximum atomic E-state index is 10.7. The Balaban J connectivity index is 1.61. The molecule has 0 amide bonds. The summed E-state index contributed by atoms with van der Waals surface area (Å²) in [4.78, 5) is 16.9. The summed E-state index contributed by atoms with van der Waals surface area (Å²) in [6.45, 7) is 4.78. The molecule has 22 heavy (non-hydrogen) atoms. The number of anilines is 1. The number of pyridine rings is 1. The minimum absolute atomic E-state index is 0.0193. The van der Waals surface area contributed by atoms with E-state index in [-0.39, 0.29) is 5.69 Å². The number of rotatable bonds is 6. The molecule has 7 nitrogen and oxygen atoms in total. The molecule has 1 N–H and O–H groups in total. The molecule has 2 aliphatic rings. The summed E-state index contributed by atoms with van der Waals surface area (Å²) in [7, 11) is 0. The number of hydrogen-bond acceptors (Lipinski definition) is 6. The fourth-order valence-electron chi connectivity index (χ4n) is 3.33. The van der Waals surface area contributed by atoms with Gasteiger partial charge in [0.05, 0.1) is 11.5 Å². The van der Waals surface area contributed by atoms with Crippen LogP contribution in [0.5, 0.6) is 0 Å². The predicted octanol–water partition coefficient (Wildman–Crippen LogP) is 1.90. The molecule has 3 heterocycles. The zero-order valence-corrected chi connectivity index (χ0v) is 12.6. The fraction of sp³-hybridized carbons (Fsp3) is 0.667. The SMILES string of the molecule is O=[N+]([O-])c1ccc(NC[C@@H]([C@@H]2CCOC2)N2CCCC2)nc1. The van der Waals surface area contributed by atoms with Crippen molar-refractivity contribution >= 4 is 11.5 Å². The molecule has 0 radical (unpaired) electrons. The number of likely N-dealkylation sites (tertiary alicyclic amines) is 1. The Labute approximate surface area is 129 Å². The van der Waals surface area contributed by atoms with E-state index in [0.29, 0.717) is 17.8 Å². The van der Waals surface area contributed by atoms with Gasteiger partial charge in [0.15, 0.2) is 0 Å². The molecule has 0 unspecified atom stereocenters. The number of nitrogens with one attached hydrogen (secondary N) is 1. The van der Waals surface area contributed by atoms with E-state index < -0.39 is 4.92 Å². The Morgan fingerprint density at radius 1 is 1.45 bits per heavy atom. The van der Waals surface area contributed by atoms with Gasteiger partial charge in [0.2, 0.25) is 0 Å². The van der Waals surface area contributed by atoms with Crippen LogP contribution in [-0.4, -0.2) is 53.7 Å². The average molecular weight is 306 g/mol. The second-order valence-electron chi connectivity index (χ2n) is 5.97. The molecular formula is C15H22N4O3. The van der Waals surface area contributed by atoms with E-state index >= 15 is 0 Å². The van der Waals surface area contributed by atoms with Crippen molar-refractivity contribution in [1.29, 1.82) is 0 Å². The lowest BCUT2D eigenvalue weighted by Gasteiger charge is -2.32. The second-order valence-corrected chi connectivity index (χ2v) is 5.97. The minimum atomic E-state index is -0.431. The van der Waals surface area contributed by atoms with Crippen molar-refractivity contribution in [3.8, 4) is 0 Å². The van der Waals surface area contributed by atoms with E-state index in [2.05, 4.69) is 15.2 Å². The molecule has 0 spiro atoms. The van der Waals surface area contributed by atoms with Crippen molar-refractivity contribution in [1.82, 2.24) is 9.88 Å². The van der Waals surface area contributed by atoms with Crippen molar-refractivity contribution in [2.75, 3.05) is 38.2 Å². The van der Waals surface area contributed by atoms with Gasteiger partial charge in [-0.3, -0.25) is 15.0 Å². The highest BCUT2D eigenvalue weighted by molar-refractivity contribution is 5.40. The van der Waals surface area contributed by atoms with Gasteiger partial charge in [-0.05, 0) is 38.4 Å². The van der Waals surface area contributed by atoms with Crippen LogP contribution in [0.1, 0.15) is 19.3 Å². The Kier molecular flexibility index (Phi) is 4.84. The lowest BCUT2D eigenvalue weighted by atomic mass is 9.97. The molecule has 0 aromatic carbocycles. The Hall–Kier alpha value is -1.73. The number of nitro groups is 1. The van der Waals surface area contributed by atoms with Gasteiger partial charge in [-0.2, -0.15) is 0 Å². The smallest absolute Gasteiger partial charge is 0.287 e. The maximum absolute atomic E-state index is 10.7. The molecule has 1 aromatic heterocycles. The van der Waals surface area contributed by atoms with Crippen LogP contribution in [0.2, 0.25) is 0 Å². The summed E-state index contributed by atoms with van der Waals surface area (Å²) in [5, 5.41) is 14.0. The maximum Gasteiger partial charge on any atom is 0.287 e. The van der Waals surface area contributed by atoms with Crippen LogP contribution in [0.25, 0.3) is 0 Å². The van der Waals surface area contributed by atoms with E-state index in [1.807, 2.05) is 0 Å². The first-order valence-corrected chi connectivity index (χ1v) is 7.90. The normalized spacial score (nSPS) is 23.5. The van der Waals surface area contributed by atoms with Crippen molar-refractivity contribution in [3.05, 3.63) is 28.4 Å². The average Bonchev–Trinajstić information content (AvgIpc) is 3.22. The van der Waals surface area contributed by atoms with Gasteiger partial charge in [0, 0.05) is 31.2 Å². The number of nitrogens with zero attached hydrogens (tertiary/aromatic N) is 3. The van der Waals surface area contributed by atoms with E-state index in [0.717, 1.165) is 39.3 Å². The third kappa shape index (κ3) is 3.53. The van der Waals surface area contributed by atoms with E-state index in [9.17, 15) is 10.1 Å². The zero-order chi connectivity index (χ0) is 15.4. The van der Waals surface area contributed by atoms with Gasteiger partial charge in [-0.1, -0.05) is 0 Å². The van der Waals surface area contributed by atoms with Gasteiger partial charge in [0.1, 0.15) is 12.0 Å². The lowest BCUT2D eigenvalue weighted by molar-refractivity contribution is -0.385. The summed E-state index contributed by atoms with van der Waals surface area (Å²) in [5.74, 6) is 1.25. The van der Waals surface area contributed by atoms with Gasteiger partial charge in [-0.15, -0.1) is 0 Å². The molecule has 0 aliphatic carbocycles. The number of aromatic nitrogens is 1. The summed E-state index contributed by atoms with van der Waals surface area (Å²) < 4.78 is 5.55. The van der Waals surface area contributed by atoms with Crippen LogP contribution < -0.4 is 5.32 Å². The van der Waals surface area contributed by atoms with Crippen molar-refractivity contribution in [2.24, 2.45) is 5.92 Å². The molecule has 3 rings (SSSR count). The third-order valence-corrected chi connectivity index (χ3v) is 4.57. The summed E-state index contributed by atoms with van der Waals surface area (Å²) in [6.07, 6.45) is 4.93. The van der Waals surface area contributed by atoms with Gasteiger partial charge < -0.3 is 10.1 Å². The molecule has 2 saturated heterocycles. The highest BCUT2D eigenvalue weighted by Crippen LogP contribution is 2.25. The van der Waals surface area contributed by atoms with Crippen LogP contribution in [0.15, 0.2) is 18.3 Å². The van der Waals surface area contributed by atoms with Crippen LogP contribution in [0, 0.1) is 16.0 Å². The van der Waals surface area contributed by atoms with Crippen molar-refractivity contribution in [2.45, 2.75) is 25.3 Å². The van der Waals surface area contributed by atoms with Gasteiger partial charge in [-0.25, -0.2) is 4.98 Å². The summed E-state index contributed by atoms with van der Waals surface area (Å²) >= 11 is 0. The predicted molar refractivity (Wildman–Crippen MR) is 82.9 cm³/mol. The van der Waals surface area contributed by atoms with Crippen LogP contribution >= 0.6 is 0 Å². The van der Waals surface area contributed by atoms with Crippen LogP contribution in [0.3, 0.4) is 0 Å². The topological polar surface area (TPSA) is 80.5 Å². The third-order valence-electron chi connectivity index (χ3n) is 4.57. The zero-order valence-electron chi connectivity index (χ0n) is 12.6. The molecule has 7 heteroatoms. The Bertz CT molecular complexity index is 480. The van der Waals surface area contributed by atoms with Gasteiger partial charge in [0.25, 0.3) is 5.69 Å². The molecular weight excluding hydrogens is 284 g/mol. The van der Waals surface area contributed by atoms with E-state index in [1.54, 1.807) is 6.07 Å². The summed E-state index contributed by atoms with van der Waals surface area (Å²) in [5.41, 5.74) is 0.0193. The highest BCUT2D eigenvalue weighted by atomic mass is 16.6. The molecule has 2 atom stereocenters. The number of ether oxygens (including phenoxy) is 1. The van der Waals surface area contributed by atoms with Crippen LogP contribution in [-0.2, 0) is 4.74 Å². The molecule has 2 aliphatic heterocycles. The van der Waals surface area contributed by atoms with Crippen molar-refractivity contribution in [3.63, 3.8) is 0 Å². The fourth-order valence-corrected chi connectivity index (χ4v) is 3.33. The molecule has 0 saturated carbocycles. The van der Waals surface area contributed by atoms with E-state index in [4.69, 9.17) is 4.74 Å². The first kappa shape index (κ1) is 15.2. The monoisotopic (exact) mass is 306 g/mol. The molecule has 1 aromatic rings. The largest absolute Gasteiger partial charge is 0.381 e. The Morgan fingerprint density at radius 3 is 2.86 bits per heavy atom. The first-order chi connectivity index (χ1) is 10.7. The molecule has 0 bridgehead atoms. The van der Waals surface area contributed by atoms with Crippen LogP contribution in [0.4, 0.5) is 11.5 Å². The van der Waals surface area contributed by atoms with Crippen molar-refractivity contribution < 1.29 is 9.66 Å².